The van der Waals surface area contributed by atoms with Crippen molar-refractivity contribution >= 4 is 0 Å². The Morgan fingerprint density at radius 3 is 1.81 bits per heavy atom. The first-order chi connectivity index (χ1) is 15.5. The van der Waals surface area contributed by atoms with Gasteiger partial charge in [0.1, 0.15) is 30.8 Å². The van der Waals surface area contributed by atoms with Gasteiger partial charge in [0.25, 0.3) is 0 Å². The fourth-order valence-corrected chi connectivity index (χ4v) is 3.51. The van der Waals surface area contributed by atoms with Gasteiger partial charge in [0.15, 0.2) is 24.4 Å². The zero-order chi connectivity index (χ0) is 23.7. The van der Waals surface area contributed by atoms with Crippen LogP contribution in [0, 0.1) is 39.3 Å². The maximum absolute atomic E-state index is 11.5. The lowest BCUT2D eigenvalue weighted by Gasteiger charge is -2.40. The molecule has 2 aliphatic heterocycles. The molecule has 19 heteroatoms. The molecule has 0 radical (unpaired) electrons. The Balaban J connectivity index is 2.42. The monoisotopic (exact) mass is 460 g/mol. The number of ether oxygens (including phenoxy) is 3. The largest absolute Gasteiger partial charge is 0.349 e. The van der Waals surface area contributed by atoms with E-state index < -0.39 is 80.5 Å². The quantitative estimate of drug-likeness (QED) is 0.395. The SMILES string of the molecule is O=NCC1O[C@@H](O[C@@H]2CC(N=O)CO[C@H](N=O)C(N=O)C2N=O)C(N=O)C(N=O)[C@@H]1N=O. The van der Waals surface area contributed by atoms with Crippen LogP contribution in [0.2, 0.25) is 0 Å². The third-order valence-electron chi connectivity index (χ3n) is 5.08. The van der Waals surface area contributed by atoms with Crippen LogP contribution in [0.1, 0.15) is 6.42 Å². The second-order valence-corrected chi connectivity index (χ2v) is 6.83. The van der Waals surface area contributed by atoms with E-state index in [1.165, 1.54) is 0 Å². The van der Waals surface area contributed by atoms with Crippen LogP contribution in [-0.4, -0.2) is 74.1 Å². The molecule has 0 bridgehead atoms. The molecular weight excluding hydrogens is 444 g/mol. The molecular formula is C13H16N8O11. The van der Waals surface area contributed by atoms with Crippen molar-refractivity contribution in [2.24, 2.45) is 41.4 Å². The molecule has 2 fully saturated rings. The Bertz CT molecular complexity index is 743. The van der Waals surface area contributed by atoms with Crippen molar-refractivity contribution in [2.45, 2.75) is 67.4 Å². The number of hydrogen-bond donors (Lipinski definition) is 0. The molecule has 2 saturated heterocycles. The smallest absolute Gasteiger partial charge is 0.218 e. The van der Waals surface area contributed by atoms with Gasteiger partial charge in [0.05, 0.1) is 12.7 Å². The van der Waals surface area contributed by atoms with Gasteiger partial charge in [-0.1, -0.05) is 36.2 Å². The Morgan fingerprint density at radius 2 is 1.31 bits per heavy atom. The second kappa shape index (κ2) is 11.9. The molecule has 32 heavy (non-hydrogen) atoms. The summed E-state index contributed by atoms with van der Waals surface area (Å²) in [5.74, 6) is 0. The van der Waals surface area contributed by atoms with E-state index in [4.69, 9.17) is 14.2 Å². The maximum atomic E-state index is 11.5. The van der Waals surface area contributed by atoms with E-state index in [0.717, 1.165) is 0 Å². The molecule has 19 nitrogen and oxygen atoms in total. The van der Waals surface area contributed by atoms with Crippen LogP contribution >= 0.6 is 0 Å². The van der Waals surface area contributed by atoms with Gasteiger partial charge in [0.2, 0.25) is 6.23 Å². The lowest BCUT2D eigenvalue weighted by atomic mass is 9.92. The Labute approximate surface area is 176 Å². The van der Waals surface area contributed by atoms with Crippen molar-refractivity contribution in [3.8, 4) is 0 Å². The van der Waals surface area contributed by atoms with Crippen LogP contribution < -0.4 is 0 Å². The van der Waals surface area contributed by atoms with Crippen molar-refractivity contribution < 1.29 is 14.2 Å². The summed E-state index contributed by atoms with van der Waals surface area (Å²) in [4.78, 5) is 89.4. The summed E-state index contributed by atoms with van der Waals surface area (Å²) in [5, 5.41) is 21.2. The first-order valence-electron chi connectivity index (χ1n) is 9.02. The average molecular weight is 460 g/mol. The molecule has 0 N–H and O–H groups in total. The number of nitrogens with zero attached hydrogens (tertiary/aromatic N) is 8. The molecule has 6 unspecified atom stereocenters. The van der Waals surface area contributed by atoms with Gasteiger partial charge >= 0.3 is 0 Å². The summed E-state index contributed by atoms with van der Waals surface area (Å²) in [7, 11) is 0. The lowest BCUT2D eigenvalue weighted by molar-refractivity contribution is -0.235. The van der Waals surface area contributed by atoms with Gasteiger partial charge < -0.3 is 14.2 Å². The maximum Gasteiger partial charge on any atom is 0.218 e. The van der Waals surface area contributed by atoms with Crippen LogP contribution in [0.15, 0.2) is 41.4 Å². The van der Waals surface area contributed by atoms with Gasteiger partial charge in [0, 0.05) is 6.42 Å². The highest BCUT2D eigenvalue weighted by molar-refractivity contribution is 5.03. The topological polar surface area (TPSA) is 263 Å². The van der Waals surface area contributed by atoms with Crippen molar-refractivity contribution in [1.29, 1.82) is 0 Å². The predicted molar refractivity (Wildman–Crippen MR) is 102 cm³/mol. The zero-order valence-electron chi connectivity index (χ0n) is 16.0. The Kier molecular flexibility index (Phi) is 9.28. The first kappa shape index (κ1) is 24.9. The van der Waals surface area contributed by atoms with Crippen LogP contribution in [0.25, 0.3) is 0 Å². The summed E-state index contributed by atoms with van der Waals surface area (Å²) in [5.41, 5.74) is 0. The minimum Gasteiger partial charge on any atom is -0.349 e. The number of nitroso groups, excluding NO2 is 8. The van der Waals surface area contributed by atoms with Crippen molar-refractivity contribution in [3.63, 3.8) is 0 Å². The Morgan fingerprint density at radius 1 is 0.688 bits per heavy atom. The molecule has 2 rings (SSSR count). The van der Waals surface area contributed by atoms with Crippen LogP contribution in [0.5, 0.6) is 0 Å². The van der Waals surface area contributed by atoms with E-state index >= 15 is 0 Å². The van der Waals surface area contributed by atoms with Gasteiger partial charge in [-0.3, -0.25) is 0 Å². The van der Waals surface area contributed by atoms with E-state index in [-0.39, 0.29) is 0 Å². The van der Waals surface area contributed by atoms with Crippen LogP contribution in [0.3, 0.4) is 0 Å². The minimum absolute atomic E-state index is 0.423. The number of hydrogen-bond acceptors (Lipinski definition) is 19. The van der Waals surface area contributed by atoms with Crippen molar-refractivity contribution in [1.82, 2.24) is 0 Å². The predicted octanol–water partition coefficient (Wildman–Crippen LogP) is 1.19. The van der Waals surface area contributed by atoms with E-state index in [2.05, 4.69) is 41.4 Å². The van der Waals surface area contributed by atoms with E-state index in [1.54, 1.807) is 0 Å². The highest BCUT2D eigenvalue weighted by Gasteiger charge is 2.52. The zero-order valence-corrected chi connectivity index (χ0v) is 16.0. The Hall–Kier alpha value is -3.32. The van der Waals surface area contributed by atoms with Crippen LogP contribution in [-0.2, 0) is 14.2 Å². The standard InChI is InChI=1S/C13H16N8O11/c22-14-2-6-8(17-25)9(18-26)11(20-28)13(32-6)31-5-1-4(15-23)3-30-12(21-29)10(19-27)7(5)16-24/h4-13H,1-3H2/t4?,5-,6?,7?,8-,9?,10?,11?,12+,13-/m1/s1. The van der Waals surface area contributed by atoms with Crippen molar-refractivity contribution in [3.05, 3.63) is 39.3 Å². The van der Waals surface area contributed by atoms with Crippen molar-refractivity contribution in [2.75, 3.05) is 13.2 Å². The molecule has 0 saturated carbocycles. The molecule has 0 amide bonds. The highest BCUT2D eigenvalue weighted by Crippen LogP contribution is 2.33. The normalized spacial score (nSPS) is 40.0. The summed E-state index contributed by atoms with van der Waals surface area (Å²) in [6.45, 7) is -1.18. The molecule has 0 spiro atoms. The second-order valence-electron chi connectivity index (χ2n) is 6.83. The highest BCUT2D eigenvalue weighted by atomic mass is 16.7. The molecule has 2 aliphatic rings. The van der Waals surface area contributed by atoms with Gasteiger partial charge in [-0.05, 0) is 5.18 Å². The average Bonchev–Trinajstić information content (AvgIpc) is 2.80. The molecule has 0 aromatic carbocycles. The summed E-state index contributed by atoms with van der Waals surface area (Å²) >= 11 is 0. The number of rotatable bonds is 11. The van der Waals surface area contributed by atoms with Gasteiger partial charge in [-0.2, -0.15) is 34.3 Å². The fourth-order valence-electron chi connectivity index (χ4n) is 3.51. The van der Waals surface area contributed by atoms with Gasteiger partial charge in [-0.15, -0.1) is 4.91 Å². The summed E-state index contributed by atoms with van der Waals surface area (Å²) in [6.07, 6.45) is -7.03. The minimum atomic E-state index is -1.81. The molecule has 2 heterocycles. The summed E-state index contributed by atoms with van der Waals surface area (Å²) in [6, 6.07) is -9.88. The molecule has 10 atom stereocenters. The third-order valence-corrected chi connectivity index (χ3v) is 5.08. The molecule has 0 aliphatic carbocycles. The van der Waals surface area contributed by atoms with E-state index in [9.17, 15) is 39.3 Å². The third kappa shape index (κ3) is 5.11. The van der Waals surface area contributed by atoms with E-state index in [0.29, 0.717) is 0 Å². The molecule has 174 valence electrons. The molecule has 0 aromatic rings. The lowest BCUT2D eigenvalue weighted by Crippen LogP contribution is -2.59. The first-order valence-corrected chi connectivity index (χ1v) is 9.02. The molecule has 0 aromatic heterocycles. The van der Waals surface area contributed by atoms with E-state index in [1.807, 2.05) is 0 Å². The van der Waals surface area contributed by atoms with Gasteiger partial charge in [-0.25, -0.2) is 0 Å². The fraction of sp³-hybridized carbons (Fsp3) is 1.00. The summed E-state index contributed by atoms with van der Waals surface area (Å²) < 4.78 is 15.9. The van der Waals surface area contributed by atoms with Crippen LogP contribution in [0.4, 0.5) is 0 Å².